The highest BCUT2D eigenvalue weighted by molar-refractivity contribution is 7.93. The highest BCUT2D eigenvalue weighted by Gasteiger charge is 2.53. The number of Topliss-reactive ketones (excluding diaryl/α,β-unsaturated/α-hetero) is 1. The number of carbonyl (C=O) groups excluding carboxylic acids is 1. The third kappa shape index (κ3) is 5.36. The molecule has 6 nitrogen and oxygen atoms in total. The first-order valence-electron chi connectivity index (χ1n) is 13.0. The molecule has 1 N–H and O–H groups in total. The predicted molar refractivity (Wildman–Crippen MR) is 159 cm³/mol. The van der Waals surface area contributed by atoms with E-state index < -0.39 is 24.4 Å². The molecule has 9 heteroatoms. The van der Waals surface area contributed by atoms with E-state index in [2.05, 4.69) is 54.7 Å². The molecule has 5 rings (SSSR count). The topological polar surface area (TPSA) is 85.4 Å². The number of rotatable bonds is 8. The molecule has 3 aromatic carbocycles. The molecule has 1 aromatic heterocycles. The lowest BCUT2D eigenvalue weighted by Gasteiger charge is -2.44. The van der Waals surface area contributed by atoms with Gasteiger partial charge in [0.2, 0.25) is 0 Å². The zero-order valence-corrected chi connectivity index (χ0v) is 24.8. The first-order chi connectivity index (χ1) is 18.6. The van der Waals surface area contributed by atoms with Gasteiger partial charge in [0, 0.05) is 17.5 Å². The summed E-state index contributed by atoms with van der Waals surface area (Å²) in [4.78, 5) is 17.9. The van der Waals surface area contributed by atoms with Crippen molar-refractivity contribution < 1.29 is 17.6 Å². The smallest absolute Gasteiger partial charge is 0.263 e. The zero-order chi connectivity index (χ0) is 27.7. The number of thiazole rings is 1. The number of aromatic nitrogens is 1. The Morgan fingerprint density at radius 1 is 0.897 bits per heavy atom. The van der Waals surface area contributed by atoms with Crippen LogP contribution >= 0.6 is 11.3 Å². The monoisotopic (exact) mass is 576 g/mol. The summed E-state index contributed by atoms with van der Waals surface area (Å²) in [6.07, 6.45) is 2.30. The molecule has 1 aliphatic rings. The van der Waals surface area contributed by atoms with E-state index in [1.807, 2.05) is 36.4 Å². The average Bonchev–Trinajstić information content (AvgIpc) is 3.56. The van der Waals surface area contributed by atoms with Gasteiger partial charge in [0.05, 0.1) is 4.90 Å². The molecule has 0 spiro atoms. The summed E-state index contributed by atoms with van der Waals surface area (Å²) in [5.74, 6) is -0.281. The number of benzene rings is 3. The number of carbonyl (C=O) groups is 1. The van der Waals surface area contributed by atoms with Crippen molar-refractivity contribution in [2.75, 3.05) is 4.72 Å². The fourth-order valence-electron chi connectivity index (χ4n) is 5.51. The number of hydrogen-bond donors (Lipinski definition) is 1. The summed E-state index contributed by atoms with van der Waals surface area (Å²) in [6.45, 7) is 6.61. The highest BCUT2D eigenvalue weighted by Crippen LogP contribution is 2.41. The van der Waals surface area contributed by atoms with E-state index in [1.54, 1.807) is 35.8 Å². The minimum atomic E-state index is -3.76. The standard InChI is InChI=1S/C30H32N2O4S2Si/c1-30(2,3)39(24-10-6-4-7-11-24,25-12-8-5-9-13-25)36-27-19-18-26(28(27)33)22-14-16-23(17-15-22)38(34,35)32-29-31-20-21-37-29/h4-17,20-21,26-27H,18-19H2,1-3H3,(H,31,32)/t26?,27-/m1/s1. The molecular weight excluding hydrogens is 545 g/mol. The van der Waals surface area contributed by atoms with Crippen LogP contribution in [0.15, 0.2) is 101 Å². The molecule has 202 valence electrons. The van der Waals surface area contributed by atoms with Crippen molar-refractivity contribution >= 4 is 51.0 Å². The second-order valence-corrected chi connectivity index (χ2v) is 17.6. The van der Waals surface area contributed by atoms with Gasteiger partial charge in [-0.05, 0) is 45.9 Å². The largest absolute Gasteiger partial charge is 0.397 e. The zero-order valence-electron chi connectivity index (χ0n) is 22.2. The number of hydrogen-bond acceptors (Lipinski definition) is 6. The van der Waals surface area contributed by atoms with Crippen LogP contribution in [0.5, 0.6) is 0 Å². The molecule has 1 aliphatic carbocycles. The molecule has 1 saturated carbocycles. The van der Waals surface area contributed by atoms with Crippen LogP contribution in [-0.2, 0) is 19.2 Å². The molecule has 0 bridgehead atoms. The van der Waals surface area contributed by atoms with E-state index in [4.69, 9.17) is 4.43 Å². The van der Waals surface area contributed by atoms with Gasteiger partial charge in [-0.25, -0.2) is 13.4 Å². The number of ketones is 1. The summed E-state index contributed by atoms with van der Waals surface area (Å²) in [5, 5.41) is 4.07. The van der Waals surface area contributed by atoms with Gasteiger partial charge in [0.1, 0.15) is 6.10 Å². The van der Waals surface area contributed by atoms with Crippen LogP contribution in [0.2, 0.25) is 5.04 Å². The summed E-state index contributed by atoms with van der Waals surface area (Å²) in [5.41, 5.74) is 0.807. The lowest BCUT2D eigenvalue weighted by molar-refractivity contribution is -0.124. The van der Waals surface area contributed by atoms with Gasteiger partial charge in [0.25, 0.3) is 18.3 Å². The van der Waals surface area contributed by atoms with E-state index in [1.165, 1.54) is 11.3 Å². The van der Waals surface area contributed by atoms with Crippen LogP contribution in [0.4, 0.5) is 5.13 Å². The van der Waals surface area contributed by atoms with Crippen molar-refractivity contribution in [1.29, 1.82) is 0 Å². The van der Waals surface area contributed by atoms with Crippen molar-refractivity contribution in [3.05, 3.63) is 102 Å². The molecular formula is C30H32N2O4S2Si. The average molecular weight is 577 g/mol. The minimum Gasteiger partial charge on any atom is -0.397 e. The summed E-state index contributed by atoms with van der Waals surface area (Å²) < 4.78 is 35.1. The number of nitrogens with one attached hydrogen (secondary N) is 1. The van der Waals surface area contributed by atoms with Crippen molar-refractivity contribution in [3.63, 3.8) is 0 Å². The van der Waals surface area contributed by atoms with Gasteiger partial charge in [0.15, 0.2) is 10.9 Å². The van der Waals surface area contributed by atoms with Crippen LogP contribution < -0.4 is 15.1 Å². The molecule has 4 aromatic rings. The quantitative estimate of drug-likeness (QED) is 0.287. The number of anilines is 1. The molecule has 1 heterocycles. The van der Waals surface area contributed by atoms with E-state index in [-0.39, 0.29) is 21.6 Å². The Kier molecular flexibility index (Phi) is 7.61. The molecule has 0 amide bonds. The van der Waals surface area contributed by atoms with Crippen LogP contribution in [0, 0.1) is 0 Å². The second kappa shape index (κ2) is 10.8. The van der Waals surface area contributed by atoms with Crippen molar-refractivity contribution in [1.82, 2.24) is 4.98 Å². The SMILES string of the molecule is CC(C)(C)[Si](O[C@@H]1CCC(c2ccc(S(=O)(=O)Nc3nccs3)cc2)C1=O)(c1ccccc1)c1ccccc1. The Balaban J connectivity index is 1.42. The Morgan fingerprint density at radius 2 is 1.49 bits per heavy atom. The Morgan fingerprint density at radius 3 is 2.00 bits per heavy atom. The molecule has 0 saturated heterocycles. The van der Waals surface area contributed by atoms with Crippen LogP contribution in [0.25, 0.3) is 0 Å². The van der Waals surface area contributed by atoms with Crippen molar-refractivity contribution in [3.8, 4) is 0 Å². The maximum Gasteiger partial charge on any atom is 0.263 e. The molecule has 1 unspecified atom stereocenters. The first kappa shape index (κ1) is 27.5. The van der Waals surface area contributed by atoms with E-state index in [9.17, 15) is 13.2 Å². The summed E-state index contributed by atoms with van der Waals surface area (Å²) in [6, 6.07) is 27.2. The Hall–Kier alpha value is -3.11. The van der Waals surface area contributed by atoms with Crippen molar-refractivity contribution in [2.24, 2.45) is 0 Å². The minimum absolute atomic E-state index is 0.0551. The highest BCUT2D eigenvalue weighted by atomic mass is 32.2. The van der Waals surface area contributed by atoms with Gasteiger partial charge < -0.3 is 4.43 Å². The van der Waals surface area contributed by atoms with Gasteiger partial charge in [-0.3, -0.25) is 9.52 Å². The molecule has 39 heavy (non-hydrogen) atoms. The van der Waals surface area contributed by atoms with Gasteiger partial charge in [-0.1, -0.05) is 93.6 Å². The molecule has 1 fully saturated rings. The van der Waals surface area contributed by atoms with E-state index in [0.29, 0.717) is 18.0 Å². The normalized spacial score (nSPS) is 18.3. The summed E-state index contributed by atoms with van der Waals surface area (Å²) >= 11 is 1.21. The predicted octanol–water partition coefficient (Wildman–Crippen LogP) is 5.34. The lowest BCUT2D eigenvalue weighted by atomic mass is 9.97. The maximum absolute atomic E-state index is 13.8. The fraction of sp³-hybridized carbons (Fsp3) is 0.267. The first-order valence-corrected chi connectivity index (χ1v) is 17.2. The van der Waals surface area contributed by atoms with Gasteiger partial charge >= 0.3 is 0 Å². The number of nitrogens with zero attached hydrogens (tertiary/aromatic N) is 1. The van der Waals surface area contributed by atoms with Gasteiger partial charge in [-0.15, -0.1) is 11.3 Å². The molecule has 0 aliphatic heterocycles. The molecule has 0 radical (unpaired) electrons. The third-order valence-corrected chi connectivity index (χ3v) is 14.6. The fourth-order valence-corrected chi connectivity index (χ4v) is 12.0. The van der Waals surface area contributed by atoms with Gasteiger partial charge in [-0.2, -0.15) is 0 Å². The van der Waals surface area contributed by atoms with E-state index >= 15 is 0 Å². The number of sulfonamides is 1. The lowest BCUT2D eigenvalue weighted by Crippen LogP contribution is -2.68. The third-order valence-electron chi connectivity index (χ3n) is 7.36. The molecule has 2 atom stereocenters. The Bertz CT molecular complexity index is 1480. The second-order valence-electron chi connectivity index (χ2n) is 10.8. The van der Waals surface area contributed by atoms with Crippen LogP contribution in [-0.4, -0.2) is 33.6 Å². The van der Waals surface area contributed by atoms with E-state index in [0.717, 1.165) is 15.9 Å². The maximum atomic E-state index is 13.8. The van der Waals surface area contributed by atoms with Crippen LogP contribution in [0.3, 0.4) is 0 Å². The Labute approximate surface area is 235 Å². The van der Waals surface area contributed by atoms with Crippen molar-refractivity contribution in [2.45, 2.75) is 55.6 Å². The van der Waals surface area contributed by atoms with Crippen LogP contribution in [0.1, 0.15) is 45.1 Å². The summed E-state index contributed by atoms with van der Waals surface area (Å²) in [7, 11) is -6.62.